The van der Waals surface area contributed by atoms with Crippen molar-refractivity contribution >= 4 is 45.6 Å². The third-order valence-corrected chi connectivity index (χ3v) is 5.94. The second kappa shape index (κ2) is 8.53. The van der Waals surface area contributed by atoms with Gasteiger partial charge in [-0.3, -0.25) is 9.59 Å². The van der Waals surface area contributed by atoms with Crippen molar-refractivity contribution < 1.29 is 19.1 Å². The number of methoxy groups -OCH3 is 2. The predicted octanol–water partition coefficient (Wildman–Crippen LogP) is 3.08. The molecular formula is C18H19N3O4S2. The van der Waals surface area contributed by atoms with Gasteiger partial charge in [-0.2, -0.15) is 0 Å². The number of hydrogen-bond acceptors (Lipinski definition) is 7. The molecule has 1 aromatic heterocycles. The van der Waals surface area contributed by atoms with Gasteiger partial charge in [0.05, 0.1) is 30.0 Å². The summed E-state index contributed by atoms with van der Waals surface area (Å²) < 4.78 is 10.4. The summed E-state index contributed by atoms with van der Waals surface area (Å²) in [5.41, 5.74) is 1.45. The number of ether oxygens (including phenoxy) is 2. The molecule has 0 unspecified atom stereocenters. The van der Waals surface area contributed by atoms with Crippen LogP contribution in [0.5, 0.6) is 11.5 Å². The molecule has 0 radical (unpaired) electrons. The fourth-order valence-corrected chi connectivity index (χ4v) is 4.49. The molecule has 0 bridgehead atoms. The van der Waals surface area contributed by atoms with Crippen LogP contribution in [0.2, 0.25) is 0 Å². The van der Waals surface area contributed by atoms with E-state index in [0.29, 0.717) is 28.7 Å². The van der Waals surface area contributed by atoms with Gasteiger partial charge in [0, 0.05) is 30.0 Å². The first-order valence-corrected chi connectivity index (χ1v) is 9.95. The summed E-state index contributed by atoms with van der Waals surface area (Å²) in [6.45, 7) is 1.93. The van der Waals surface area contributed by atoms with Crippen molar-refractivity contribution in [3.8, 4) is 11.5 Å². The Bertz CT molecular complexity index is 894. The van der Waals surface area contributed by atoms with Crippen molar-refractivity contribution in [2.45, 2.75) is 25.0 Å². The van der Waals surface area contributed by atoms with E-state index in [1.165, 1.54) is 18.9 Å². The lowest BCUT2D eigenvalue weighted by Crippen LogP contribution is -2.21. The maximum absolute atomic E-state index is 12.4. The molecule has 0 saturated heterocycles. The number of amides is 2. The van der Waals surface area contributed by atoms with Crippen LogP contribution in [-0.4, -0.2) is 41.3 Å². The van der Waals surface area contributed by atoms with Crippen LogP contribution in [0.25, 0.3) is 0 Å². The molecule has 0 fully saturated rings. The van der Waals surface area contributed by atoms with Crippen molar-refractivity contribution in [1.82, 2.24) is 4.98 Å². The zero-order valence-corrected chi connectivity index (χ0v) is 16.8. The fourth-order valence-electron chi connectivity index (χ4n) is 2.54. The molecule has 2 aromatic rings. The van der Waals surface area contributed by atoms with Gasteiger partial charge < -0.3 is 14.8 Å². The van der Waals surface area contributed by atoms with Crippen LogP contribution in [0.4, 0.5) is 5.69 Å². The van der Waals surface area contributed by atoms with Gasteiger partial charge >= 0.3 is 0 Å². The lowest BCUT2D eigenvalue weighted by Gasteiger charge is -2.12. The Labute approximate surface area is 165 Å². The molecule has 0 aliphatic carbocycles. The molecule has 1 aliphatic rings. The largest absolute Gasteiger partial charge is 0.497 e. The zero-order valence-electron chi connectivity index (χ0n) is 15.1. The number of thiazole rings is 1. The Kier molecular flexibility index (Phi) is 6.12. The van der Waals surface area contributed by atoms with E-state index in [2.05, 4.69) is 15.3 Å². The van der Waals surface area contributed by atoms with Gasteiger partial charge in [-0.15, -0.1) is 11.3 Å². The van der Waals surface area contributed by atoms with Crippen LogP contribution in [0.1, 0.15) is 17.1 Å². The Morgan fingerprint density at radius 2 is 2.11 bits per heavy atom. The molecule has 2 amide bonds. The highest BCUT2D eigenvalue weighted by Gasteiger charge is 2.31. The van der Waals surface area contributed by atoms with E-state index in [1.807, 2.05) is 12.3 Å². The summed E-state index contributed by atoms with van der Waals surface area (Å²) in [5.74, 6) is 0.553. The maximum Gasteiger partial charge on any atom is 0.260 e. The quantitative estimate of drug-likeness (QED) is 0.761. The molecule has 0 spiro atoms. The van der Waals surface area contributed by atoms with Crippen LogP contribution in [0.15, 0.2) is 28.6 Å². The molecule has 1 aromatic carbocycles. The van der Waals surface area contributed by atoms with Crippen LogP contribution < -0.4 is 14.8 Å². The number of carbonyl (C=O) groups excluding carboxylic acids is 2. The third kappa shape index (κ3) is 4.86. The summed E-state index contributed by atoms with van der Waals surface area (Å²) >= 11 is 2.87. The first-order valence-electron chi connectivity index (χ1n) is 8.19. The van der Waals surface area contributed by atoms with Crippen molar-refractivity contribution in [2.24, 2.45) is 4.99 Å². The molecule has 3 rings (SSSR count). The minimum absolute atomic E-state index is 0.0355. The number of nitrogens with one attached hydrogen (secondary N) is 1. The van der Waals surface area contributed by atoms with Gasteiger partial charge in [0.1, 0.15) is 16.7 Å². The topological polar surface area (TPSA) is 89.9 Å². The monoisotopic (exact) mass is 405 g/mol. The number of nitrogens with zero attached hydrogens (tertiary/aromatic N) is 2. The van der Waals surface area contributed by atoms with Gasteiger partial charge in [0.25, 0.3) is 5.91 Å². The zero-order chi connectivity index (χ0) is 19.4. The molecule has 7 nitrogen and oxygen atoms in total. The van der Waals surface area contributed by atoms with E-state index in [4.69, 9.17) is 9.47 Å². The Balaban J connectivity index is 1.59. The highest BCUT2D eigenvalue weighted by Crippen LogP contribution is 2.31. The van der Waals surface area contributed by atoms with Gasteiger partial charge in [-0.05, 0) is 19.1 Å². The van der Waals surface area contributed by atoms with E-state index in [1.54, 1.807) is 36.6 Å². The SMILES string of the molecule is COc1ccc(OC)c(NC(=O)C[C@@H]2SC(Cc3nc(C)cs3)=NC2=O)c1. The first-order chi connectivity index (χ1) is 13.0. The van der Waals surface area contributed by atoms with Crippen LogP contribution in [-0.2, 0) is 16.0 Å². The minimum atomic E-state index is -0.516. The Hall–Kier alpha value is -2.39. The predicted molar refractivity (Wildman–Crippen MR) is 107 cm³/mol. The number of aliphatic imine (C=N–C) groups is 1. The molecule has 1 aliphatic heterocycles. The van der Waals surface area contributed by atoms with E-state index in [-0.39, 0.29) is 18.2 Å². The van der Waals surface area contributed by atoms with E-state index < -0.39 is 5.25 Å². The molecule has 1 N–H and O–H groups in total. The molecule has 1 atom stereocenters. The van der Waals surface area contributed by atoms with Crippen molar-refractivity contribution in [1.29, 1.82) is 0 Å². The minimum Gasteiger partial charge on any atom is -0.497 e. The number of hydrogen-bond donors (Lipinski definition) is 1. The number of benzene rings is 1. The second-order valence-electron chi connectivity index (χ2n) is 5.83. The maximum atomic E-state index is 12.4. The standard InChI is InChI=1S/C18H19N3O4S2/c1-10-9-26-16(19-10)8-17-21-18(23)14(27-17)7-15(22)20-12-6-11(24-2)4-5-13(12)25-3/h4-6,9,14H,7-8H2,1-3H3,(H,20,22)/t14-/m0/s1. The summed E-state index contributed by atoms with van der Waals surface area (Å²) in [6.07, 6.45) is 0.560. The lowest BCUT2D eigenvalue weighted by atomic mass is 10.2. The lowest BCUT2D eigenvalue weighted by molar-refractivity contribution is -0.121. The molecule has 9 heteroatoms. The highest BCUT2D eigenvalue weighted by molar-refractivity contribution is 8.15. The average molecular weight is 406 g/mol. The summed E-state index contributed by atoms with van der Waals surface area (Å²) in [4.78, 5) is 33.0. The molecule has 27 heavy (non-hydrogen) atoms. The molecular weight excluding hydrogens is 386 g/mol. The Morgan fingerprint density at radius 3 is 2.78 bits per heavy atom. The van der Waals surface area contributed by atoms with Crippen LogP contribution in [0, 0.1) is 6.92 Å². The smallest absolute Gasteiger partial charge is 0.260 e. The summed E-state index contributed by atoms with van der Waals surface area (Å²) in [7, 11) is 3.07. The van der Waals surface area contributed by atoms with Crippen molar-refractivity contribution in [3.63, 3.8) is 0 Å². The van der Waals surface area contributed by atoms with E-state index in [0.717, 1.165) is 10.7 Å². The van der Waals surface area contributed by atoms with Crippen LogP contribution >= 0.6 is 23.1 Å². The number of thioether (sulfide) groups is 1. The third-order valence-electron chi connectivity index (χ3n) is 3.81. The average Bonchev–Trinajstić information content (AvgIpc) is 3.20. The summed E-state index contributed by atoms with van der Waals surface area (Å²) in [6, 6.07) is 5.12. The fraction of sp³-hybridized carbons (Fsp3) is 0.333. The van der Waals surface area contributed by atoms with E-state index >= 15 is 0 Å². The first kappa shape index (κ1) is 19.4. The molecule has 2 heterocycles. The van der Waals surface area contributed by atoms with E-state index in [9.17, 15) is 9.59 Å². The van der Waals surface area contributed by atoms with Crippen molar-refractivity contribution in [2.75, 3.05) is 19.5 Å². The number of carbonyl (C=O) groups is 2. The normalized spacial score (nSPS) is 16.2. The number of rotatable bonds is 7. The number of aryl methyl sites for hydroxylation is 1. The van der Waals surface area contributed by atoms with Gasteiger partial charge in [-0.1, -0.05) is 11.8 Å². The number of anilines is 1. The molecule has 0 saturated carbocycles. The van der Waals surface area contributed by atoms with Crippen LogP contribution in [0.3, 0.4) is 0 Å². The Morgan fingerprint density at radius 1 is 1.30 bits per heavy atom. The van der Waals surface area contributed by atoms with Crippen molar-refractivity contribution in [3.05, 3.63) is 34.3 Å². The summed E-state index contributed by atoms with van der Waals surface area (Å²) in [5, 5.41) is 5.84. The molecule has 142 valence electrons. The number of aromatic nitrogens is 1. The van der Waals surface area contributed by atoms with Gasteiger partial charge in [0.2, 0.25) is 5.91 Å². The highest BCUT2D eigenvalue weighted by atomic mass is 32.2. The van der Waals surface area contributed by atoms with Gasteiger partial charge in [-0.25, -0.2) is 9.98 Å². The second-order valence-corrected chi connectivity index (χ2v) is 8.05. The van der Waals surface area contributed by atoms with Gasteiger partial charge in [0.15, 0.2) is 0 Å².